The van der Waals surface area contributed by atoms with E-state index in [1.165, 1.54) is 16.5 Å². The quantitative estimate of drug-likeness (QED) is 0.174. The lowest BCUT2D eigenvalue weighted by atomic mass is 9.88. The molecule has 0 aliphatic heterocycles. The molecule has 38 heavy (non-hydrogen) atoms. The van der Waals surface area contributed by atoms with Crippen LogP contribution < -0.4 is 14.2 Å². The fourth-order valence-corrected chi connectivity index (χ4v) is 4.68. The number of hydrogen-bond donors (Lipinski definition) is 1. The second-order valence-corrected chi connectivity index (χ2v) is 8.83. The molecule has 0 saturated carbocycles. The van der Waals surface area contributed by atoms with Crippen LogP contribution in [0.15, 0.2) is 103 Å². The molecule has 0 saturated heterocycles. The van der Waals surface area contributed by atoms with Gasteiger partial charge in [0.2, 0.25) is 0 Å². The van der Waals surface area contributed by atoms with Crippen LogP contribution in [-0.4, -0.2) is 25.2 Å². The summed E-state index contributed by atoms with van der Waals surface area (Å²) in [5.41, 5.74) is 7.18. The highest BCUT2D eigenvalue weighted by Crippen LogP contribution is 2.38. The Morgan fingerprint density at radius 3 is 1.76 bits per heavy atom. The molecule has 1 aromatic heterocycles. The third kappa shape index (κ3) is 5.04. The maximum absolute atomic E-state index is 12.7. The van der Waals surface area contributed by atoms with E-state index in [9.17, 15) is 4.79 Å². The van der Waals surface area contributed by atoms with Crippen molar-refractivity contribution in [3.63, 3.8) is 0 Å². The van der Waals surface area contributed by atoms with E-state index in [0.717, 1.165) is 34.4 Å². The number of fused-ring (bicyclic) bond motifs is 1. The smallest absolute Gasteiger partial charge is 0.343 e. The Morgan fingerprint density at radius 1 is 0.684 bits per heavy atom. The summed E-state index contributed by atoms with van der Waals surface area (Å²) in [7, 11) is 3.26. The number of allylic oxidation sites excluding steroid dienone is 1. The second kappa shape index (κ2) is 11.1. The average molecular weight is 504 g/mol. The SMILES string of the molecule is CCC(=C(c1ccc(OC)cc1)c1ccc(OC(=O)c2ccc(OC)cc2)cc1)c1c[nH]c2ccccc12. The molecular weight excluding hydrogens is 474 g/mol. The van der Waals surface area contributed by atoms with Crippen molar-refractivity contribution < 1.29 is 19.0 Å². The standard InChI is InChI=1S/C33H29NO4/c1-4-28(30-21-34-31-8-6-5-7-29(30)31)32(22-9-15-25(36-2)16-10-22)23-11-19-27(20-12-23)38-33(35)24-13-17-26(37-3)18-14-24/h5-21,34H,4H2,1-3H3. The van der Waals surface area contributed by atoms with Gasteiger partial charge in [-0.05, 0) is 83.3 Å². The number of rotatable bonds is 8. The molecular formula is C33H29NO4. The molecule has 5 rings (SSSR count). The molecule has 0 unspecified atom stereocenters. The Labute approximate surface area is 222 Å². The topological polar surface area (TPSA) is 60.6 Å². The predicted molar refractivity (Wildman–Crippen MR) is 152 cm³/mol. The Balaban J connectivity index is 1.54. The molecule has 0 aliphatic rings. The fraction of sp³-hybridized carbons (Fsp3) is 0.121. The molecule has 0 bridgehead atoms. The zero-order valence-corrected chi connectivity index (χ0v) is 21.7. The summed E-state index contributed by atoms with van der Waals surface area (Å²) < 4.78 is 16.2. The van der Waals surface area contributed by atoms with Crippen molar-refractivity contribution in [1.82, 2.24) is 4.98 Å². The molecule has 0 amide bonds. The normalized spacial score (nSPS) is 11.7. The van der Waals surface area contributed by atoms with Gasteiger partial charge in [-0.15, -0.1) is 0 Å². The summed E-state index contributed by atoms with van der Waals surface area (Å²) in [6, 6.07) is 31.0. The van der Waals surface area contributed by atoms with Gasteiger partial charge in [0.1, 0.15) is 17.2 Å². The molecule has 1 N–H and O–H groups in total. The lowest BCUT2D eigenvalue weighted by molar-refractivity contribution is 0.0734. The van der Waals surface area contributed by atoms with Crippen LogP contribution in [0.2, 0.25) is 0 Å². The maximum atomic E-state index is 12.7. The van der Waals surface area contributed by atoms with Crippen molar-refractivity contribution in [2.45, 2.75) is 13.3 Å². The molecule has 0 radical (unpaired) electrons. The number of H-pyrrole nitrogens is 1. The average Bonchev–Trinajstić information content (AvgIpc) is 3.40. The lowest BCUT2D eigenvalue weighted by Crippen LogP contribution is -2.08. The number of aromatic nitrogens is 1. The highest BCUT2D eigenvalue weighted by Gasteiger charge is 2.17. The number of ether oxygens (including phenoxy) is 3. The van der Waals surface area contributed by atoms with Gasteiger partial charge in [-0.1, -0.05) is 49.4 Å². The predicted octanol–water partition coefficient (Wildman–Crippen LogP) is 7.77. The molecule has 190 valence electrons. The number of nitrogens with one attached hydrogen (secondary N) is 1. The van der Waals surface area contributed by atoms with Crippen LogP contribution in [0.5, 0.6) is 17.2 Å². The molecule has 5 aromatic rings. The van der Waals surface area contributed by atoms with Gasteiger partial charge in [0.25, 0.3) is 0 Å². The van der Waals surface area contributed by atoms with Crippen molar-refractivity contribution in [2.24, 2.45) is 0 Å². The summed E-state index contributed by atoms with van der Waals surface area (Å²) in [5, 5.41) is 1.18. The summed E-state index contributed by atoms with van der Waals surface area (Å²) in [6.07, 6.45) is 2.91. The Kier molecular flexibility index (Phi) is 7.27. The monoisotopic (exact) mass is 503 g/mol. The number of para-hydroxylation sites is 1. The van der Waals surface area contributed by atoms with Crippen LogP contribution in [0.25, 0.3) is 22.0 Å². The first-order valence-electron chi connectivity index (χ1n) is 12.5. The first-order valence-corrected chi connectivity index (χ1v) is 12.5. The third-order valence-corrected chi connectivity index (χ3v) is 6.63. The molecule has 0 fully saturated rings. The second-order valence-electron chi connectivity index (χ2n) is 8.83. The van der Waals surface area contributed by atoms with E-state index in [0.29, 0.717) is 17.1 Å². The van der Waals surface area contributed by atoms with Crippen molar-refractivity contribution in [2.75, 3.05) is 14.2 Å². The molecule has 5 heteroatoms. The molecule has 4 aromatic carbocycles. The zero-order valence-electron chi connectivity index (χ0n) is 21.7. The molecule has 1 heterocycles. The van der Waals surface area contributed by atoms with Crippen LogP contribution >= 0.6 is 0 Å². The van der Waals surface area contributed by atoms with E-state index < -0.39 is 5.97 Å². The summed E-state index contributed by atoms with van der Waals surface area (Å²) in [6.45, 7) is 2.17. The van der Waals surface area contributed by atoms with E-state index >= 15 is 0 Å². The van der Waals surface area contributed by atoms with Crippen molar-refractivity contribution in [3.05, 3.63) is 126 Å². The van der Waals surface area contributed by atoms with E-state index in [2.05, 4.69) is 48.4 Å². The number of aromatic amines is 1. The van der Waals surface area contributed by atoms with Gasteiger partial charge in [0.15, 0.2) is 0 Å². The Bertz CT molecular complexity index is 1580. The van der Waals surface area contributed by atoms with Gasteiger partial charge in [-0.25, -0.2) is 4.79 Å². The number of hydrogen-bond acceptors (Lipinski definition) is 4. The molecule has 0 aliphatic carbocycles. The first kappa shape index (κ1) is 24.9. The van der Waals surface area contributed by atoms with Crippen LogP contribution in [0.4, 0.5) is 0 Å². The minimum Gasteiger partial charge on any atom is -0.497 e. The van der Waals surface area contributed by atoms with E-state index in [1.54, 1.807) is 38.5 Å². The number of benzene rings is 4. The van der Waals surface area contributed by atoms with Gasteiger partial charge in [-0.3, -0.25) is 0 Å². The van der Waals surface area contributed by atoms with E-state index in [1.807, 2.05) is 42.5 Å². The third-order valence-electron chi connectivity index (χ3n) is 6.63. The van der Waals surface area contributed by atoms with Crippen molar-refractivity contribution >= 4 is 28.0 Å². The zero-order chi connectivity index (χ0) is 26.5. The van der Waals surface area contributed by atoms with Gasteiger partial charge in [0.05, 0.1) is 19.8 Å². The molecule has 0 spiro atoms. The number of esters is 1. The van der Waals surface area contributed by atoms with Crippen molar-refractivity contribution in [1.29, 1.82) is 0 Å². The maximum Gasteiger partial charge on any atom is 0.343 e. The summed E-state index contributed by atoms with van der Waals surface area (Å²) >= 11 is 0. The van der Waals surface area contributed by atoms with Gasteiger partial charge < -0.3 is 19.2 Å². The highest BCUT2D eigenvalue weighted by molar-refractivity contribution is 6.05. The largest absolute Gasteiger partial charge is 0.497 e. The number of carbonyl (C=O) groups is 1. The minimum atomic E-state index is -0.417. The Hall–Kier alpha value is -4.77. The van der Waals surface area contributed by atoms with Crippen LogP contribution in [0.1, 0.15) is 40.4 Å². The fourth-order valence-electron chi connectivity index (χ4n) is 4.68. The Morgan fingerprint density at radius 2 is 1.21 bits per heavy atom. The number of methoxy groups -OCH3 is 2. The summed E-state index contributed by atoms with van der Waals surface area (Å²) in [5.74, 6) is 1.55. The van der Waals surface area contributed by atoms with Crippen LogP contribution in [0, 0.1) is 0 Å². The lowest BCUT2D eigenvalue weighted by Gasteiger charge is -2.17. The molecule has 0 atom stereocenters. The molecule has 5 nitrogen and oxygen atoms in total. The first-order chi connectivity index (χ1) is 18.6. The van der Waals surface area contributed by atoms with Gasteiger partial charge >= 0.3 is 5.97 Å². The van der Waals surface area contributed by atoms with E-state index in [-0.39, 0.29) is 0 Å². The minimum absolute atomic E-state index is 0.417. The van der Waals surface area contributed by atoms with Crippen molar-refractivity contribution in [3.8, 4) is 17.2 Å². The van der Waals surface area contributed by atoms with Crippen LogP contribution in [0.3, 0.4) is 0 Å². The van der Waals surface area contributed by atoms with Gasteiger partial charge in [-0.2, -0.15) is 0 Å². The summed E-state index contributed by atoms with van der Waals surface area (Å²) in [4.78, 5) is 16.1. The highest BCUT2D eigenvalue weighted by atomic mass is 16.5. The van der Waals surface area contributed by atoms with Crippen LogP contribution in [-0.2, 0) is 0 Å². The number of carbonyl (C=O) groups excluding carboxylic acids is 1. The van der Waals surface area contributed by atoms with E-state index in [4.69, 9.17) is 14.2 Å². The van der Waals surface area contributed by atoms with Gasteiger partial charge in [0, 0.05) is 22.7 Å².